The summed E-state index contributed by atoms with van der Waals surface area (Å²) < 4.78 is 0. The highest BCUT2D eigenvalue weighted by Crippen LogP contribution is 2.30. The highest BCUT2D eigenvalue weighted by Gasteiger charge is 2.28. The van der Waals surface area contributed by atoms with Crippen LogP contribution in [0.15, 0.2) is 6.20 Å². The summed E-state index contributed by atoms with van der Waals surface area (Å²) in [5, 5.41) is 3.86. The average molecular weight is 298 g/mol. The maximum absolute atomic E-state index is 6.30. The molecule has 1 unspecified atom stereocenters. The third kappa shape index (κ3) is 3.73. The van der Waals surface area contributed by atoms with Gasteiger partial charge >= 0.3 is 0 Å². The minimum Gasteiger partial charge on any atom is -0.354 e. The van der Waals surface area contributed by atoms with Gasteiger partial charge in [-0.25, -0.2) is 4.98 Å². The molecule has 112 valence electrons. The van der Waals surface area contributed by atoms with Crippen molar-refractivity contribution in [3.05, 3.63) is 11.2 Å². The van der Waals surface area contributed by atoms with Gasteiger partial charge in [-0.15, -0.1) is 0 Å². The van der Waals surface area contributed by atoms with E-state index in [0.29, 0.717) is 17.0 Å². The van der Waals surface area contributed by atoms with Crippen molar-refractivity contribution in [1.29, 1.82) is 0 Å². The number of aromatic nitrogens is 2. The van der Waals surface area contributed by atoms with Crippen molar-refractivity contribution >= 4 is 23.4 Å². The Kier molecular flexibility index (Phi) is 5.43. The second kappa shape index (κ2) is 7.09. The minimum atomic E-state index is 0.483. The summed E-state index contributed by atoms with van der Waals surface area (Å²) in [6.45, 7) is 5.04. The quantitative estimate of drug-likeness (QED) is 0.874. The van der Waals surface area contributed by atoms with Crippen molar-refractivity contribution in [2.75, 3.05) is 43.9 Å². The average Bonchev–Trinajstić information content (AvgIpc) is 2.85. The molecule has 1 aliphatic rings. The molecule has 1 aromatic heterocycles. The number of rotatable bonds is 6. The predicted octanol–water partition coefficient (Wildman–Crippen LogP) is 2.48. The van der Waals surface area contributed by atoms with Crippen LogP contribution in [0.2, 0.25) is 5.02 Å². The molecule has 0 bridgehead atoms. The second-order valence-electron chi connectivity index (χ2n) is 5.54. The summed E-state index contributed by atoms with van der Waals surface area (Å²) in [6, 6.07) is 0.483. The molecule has 2 heterocycles. The van der Waals surface area contributed by atoms with Crippen molar-refractivity contribution in [2.45, 2.75) is 32.2 Å². The molecule has 20 heavy (non-hydrogen) atoms. The second-order valence-corrected chi connectivity index (χ2v) is 5.95. The number of nitrogens with zero attached hydrogens (tertiary/aromatic N) is 4. The van der Waals surface area contributed by atoms with E-state index in [0.717, 1.165) is 31.9 Å². The van der Waals surface area contributed by atoms with Crippen LogP contribution in [0.5, 0.6) is 0 Å². The molecule has 0 saturated carbocycles. The molecule has 1 aliphatic heterocycles. The first-order valence-electron chi connectivity index (χ1n) is 7.29. The normalized spacial score (nSPS) is 18.9. The van der Waals surface area contributed by atoms with E-state index < -0.39 is 0 Å². The maximum atomic E-state index is 6.30. The van der Waals surface area contributed by atoms with Gasteiger partial charge in [0.2, 0.25) is 5.95 Å². The van der Waals surface area contributed by atoms with Gasteiger partial charge in [0.05, 0.1) is 6.20 Å². The van der Waals surface area contributed by atoms with Gasteiger partial charge in [-0.3, -0.25) is 0 Å². The first kappa shape index (κ1) is 15.3. The topological polar surface area (TPSA) is 44.3 Å². The maximum Gasteiger partial charge on any atom is 0.224 e. The Hall–Kier alpha value is -1.07. The van der Waals surface area contributed by atoms with E-state index in [-0.39, 0.29) is 0 Å². The molecule has 0 radical (unpaired) electrons. The predicted molar refractivity (Wildman–Crippen MR) is 84.7 cm³/mol. The van der Waals surface area contributed by atoms with Crippen molar-refractivity contribution < 1.29 is 0 Å². The third-order valence-electron chi connectivity index (χ3n) is 3.48. The zero-order chi connectivity index (χ0) is 14.5. The lowest BCUT2D eigenvalue weighted by Crippen LogP contribution is -2.38. The van der Waals surface area contributed by atoms with Crippen molar-refractivity contribution in [3.8, 4) is 0 Å². The molecule has 0 aliphatic carbocycles. The van der Waals surface area contributed by atoms with Crippen LogP contribution < -0.4 is 10.2 Å². The molecular formula is C14H24ClN5. The van der Waals surface area contributed by atoms with Gasteiger partial charge < -0.3 is 15.1 Å². The van der Waals surface area contributed by atoms with Crippen LogP contribution >= 0.6 is 11.6 Å². The van der Waals surface area contributed by atoms with Gasteiger partial charge in [0, 0.05) is 25.7 Å². The molecular weight excluding hydrogens is 274 g/mol. The van der Waals surface area contributed by atoms with E-state index in [9.17, 15) is 0 Å². The Balaban J connectivity index is 2.17. The van der Waals surface area contributed by atoms with Gasteiger partial charge in [0.15, 0.2) is 5.82 Å². The Morgan fingerprint density at radius 3 is 3.00 bits per heavy atom. The lowest BCUT2D eigenvalue weighted by Gasteiger charge is -2.28. The van der Waals surface area contributed by atoms with Gasteiger partial charge in [-0.1, -0.05) is 18.5 Å². The van der Waals surface area contributed by atoms with Crippen molar-refractivity contribution in [2.24, 2.45) is 0 Å². The van der Waals surface area contributed by atoms with Crippen LogP contribution in [-0.2, 0) is 0 Å². The summed E-state index contributed by atoms with van der Waals surface area (Å²) in [7, 11) is 4.21. The summed E-state index contributed by atoms with van der Waals surface area (Å²) in [4.78, 5) is 13.4. The number of hydrogen-bond acceptors (Lipinski definition) is 5. The Labute approximate surface area is 126 Å². The molecule has 0 spiro atoms. The lowest BCUT2D eigenvalue weighted by molar-refractivity contribution is 0.371. The summed E-state index contributed by atoms with van der Waals surface area (Å²) in [5.74, 6) is 1.53. The first-order valence-corrected chi connectivity index (χ1v) is 7.67. The van der Waals surface area contributed by atoms with Gasteiger partial charge in [-0.2, -0.15) is 4.98 Å². The molecule has 6 heteroatoms. The van der Waals surface area contributed by atoms with Gasteiger partial charge in [-0.05, 0) is 33.4 Å². The lowest BCUT2D eigenvalue weighted by atomic mass is 10.2. The standard InChI is InChI=1S/C14H24ClN5/c1-4-7-16-14-17-9-12(15)13(18-14)20-8-5-6-11(20)10-19(2)3/h9,11H,4-8,10H2,1-3H3,(H,16,17,18). The van der Waals surface area contributed by atoms with E-state index >= 15 is 0 Å². The highest BCUT2D eigenvalue weighted by atomic mass is 35.5. The Bertz CT molecular complexity index is 438. The fourth-order valence-electron chi connectivity index (χ4n) is 2.61. The number of nitrogens with one attached hydrogen (secondary N) is 1. The molecule has 5 nitrogen and oxygen atoms in total. The van der Waals surface area contributed by atoms with E-state index in [1.807, 2.05) is 0 Å². The molecule has 1 atom stereocenters. The SMILES string of the molecule is CCCNc1ncc(Cl)c(N2CCCC2CN(C)C)n1. The molecule has 1 N–H and O–H groups in total. The number of likely N-dealkylation sites (N-methyl/N-ethyl adjacent to an activating group) is 1. The van der Waals surface area contributed by atoms with Crippen LogP contribution in [0.4, 0.5) is 11.8 Å². The fourth-order valence-corrected chi connectivity index (χ4v) is 2.81. The molecule has 1 aromatic rings. The zero-order valence-corrected chi connectivity index (χ0v) is 13.3. The Morgan fingerprint density at radius 2 is 2.30 bits per heavy atom. The molecule has 1 saturated heterocycles. The fraction of sp³-hybridized carbons (Fsp3) is 0.714. The molecule has 1 fully saturated rings. The first-order chi connectivity index (χ1) is 9.61. The van der Waals surface area contributed by atoms with Crippen molar-refractivity contribution in [3.63, 3.8) is 0 Å². The number of anilines is 2. The van der Waals surface area contributed by atoms with Crippen LogP contribution in [0.25, 0.3) is 0 Å². The summed E-state index contributed by atoms with van der Waals surface area (Å²) in [6.07, 6.45) is 5.13. The van der Waals surface area contributed by atoms with Gasteiger partial charge in [0.25, 0.3) is 0 Å². The molecule has 0 aromatic carbocycles. The Morgan fingerprint density at radius 1 is 1.50 bits per heavy atom. The zero-order valence-electron chi connectivity index (χ0n) is 12.6. The summed E-state index contributed by atoms with van der Waals surface area (Å²) >= 11 is 6.30. The van der Waals surface area contributed by atoms with E-state index in [2.05, 4.69) is 46.1 Å². The van der Waals surface area contributed by atoms with Crippen LogP contribution in [0, 0.1) is 0 Å². The number of halogens is 1. The monoisotopic (exact) mass is 297 g/mol. The third-order valence-corrected chi connectivity index (χ3v) is 3.75. The smallest absolute Gasteiger partial charge is 0.224 e. The van der Waals surface area contributed by atoms with Crippen LogP contribution in [0.1, 0.15) is 26.2 Å². The van der Waals surface area contributed by atoms with Gasteiger partial charge in [0.1, 0.15) is 5.02 Å². The number of hydrogen-bond donors (Lipinski definition) is 1. The van der Waals surface area contributed by atoms with Crippen LogP contribution in [0.3, 0.4) is 0 Å². The van der Waals surface area contributed by atoms with Crippen molar-refractivity contribution in [1.82, 2.24) is 14.9 Å². The highest BCUT2D eigenvalue weighted by molar-refractivity contribution is 6.32. The summed E-state index contributed by atoms with van der Waals surface area (Å²) in [5.41, 5.74) is 0. The molecule has 0 amide bonds. The minimum absolute atomic E-state index is 0.483. The largest absolute Gasteiger partial charge is 0.354 e. The molecule has 2 rings (SSSR count). The van der Waals surface area contributed by atoms with E-state index in [4.69, 9.17) is 11.6 Å². The van der Waals surface area contributed by atoms with Crippen LogP contribution in [-0.4, -0.2) is 54.6 Å². The van der Waals surface area contributed by atoms with E-state index in [1.165, 1.54) is 12.8 Å². The van der Waals surface area contributed by atoms with E-state index in [1.54, 1.807) is 6.20 Å².